The molecule has 1 unspecified atom stereocenters. The average molecular weight is 517 g/mol. The molecule has 2 fully saturated rings. The van der Waals surface area contributed by atoms with Crippen molar-refractivity contribution in [3.8, 4) is 5.88 Å². The molecular weight excluding hydrogens is 481 g/mol. The van der Waals surface area contributed by atoms with Crippen molar-refractivity contribution in [2.75, 3.05) is 46.5 Å². The molecule has 8 heteroatoms. The molecule has 0 spiro atoms. The van der Waals surface area contributed by atoms with Gasteiger partial charge in [-0.3, -0.25) is 4.99 Å². The zero-order valence-corrected chi connectivity index (χ0v) is 20.1. The molecule has 2 aliphatic heterocycles. The summed E-state index contributed by atoms with van der Waals surface area (Å²) >= 11 is 0. The van der Waals surface area contributed by atoms with E-state index in [0.717, 1.165) is 63.0 Å². The molecule has 1 aromatic heterocycles. The number of hydrogen-bond donors (Lipinski definition) is 2. The second-order valence-corrected chi connectivity index (χ2v) is 7.73. The predicted molar refractivity (Wildman–Crippen MR) is 127 cm³/mol. The molecule has 0 radical (unpaired) electrons. The summed E-state index contributed by atoms with van der Waals surface area (Å²) in [7, 11) is 1.82. The molecular formula is C21H36IN5O2. The summed E-state index contributed by atoms with van der Waals surface area (Å²) in [5.74, 6) is 2.27. The lowest BCUT2D eigenvalue weighted by molar-refractivity contribution is 0.150. The van der Waals surface area contributed by atoms with E-state index in [4.69, 9.17) is 9.47 Å². The monoisotopic (exact) mass is 517 g/mol. The van der Waals surface area contributed by atoms with Gasteiger partial charge < -0.3 is 25.0 Å². The number of likely N-dealkylation sites (tertiary alicyclic amines) is 1. The van der Waals surface area contributed by atoms with Crippen LogP contribution in [-0.2, 0) is 11.3 Å². The lowest BCUT2D eigenvalue weighted by atomic mass is 10.0. The highest BCUT2D eigenvalue weighted by molar-refractivity contribution is 14.0. The number of ether oxygens (including phenoxy) is 2. The van der Waals surface area contributed by atoms with Crippen LogP contribution in [0.2, 0.25) is 0 Å². The van der Waals surface area contributed by atoms with Crippen LogP contribution in [0.25, 0.3) is 0 Å². The van der Waals surface area contributed by atoms with Gasteiger partial charge in [-0.1, -0.05) is 13.0 Å². The quantitative estimate of drug-likeness (QED) is 0.314. The molecule has 0 bridgehead atoms. The number of aliphatic imine (C=N–C) groups is 1. The average Bonchev–Trinajstić information content (AvgIpc) is 3.24. The lowest BCUT2D eigenvalue weighted by Crippen LogP contribution is -2.49. The van der Waals surface area contributed by atoms with Crippen molar-refractivity contribution in [2.45, 2.75) is 45.2 Å². The number of nitrogens with zero attached hydrogens (tertiary/aromatic N) is 3. The van der Waals surface area contributed by atoms with Crippen LogP contribution in [0.15, 0.2) is 23.3 Å². The topological polar surface area (TPSA) is 71.0 Å². The van der Waals surface area contributed by atoms with Gasteiger partial charge in [0.05, 0.1) is 13.2 Å². The van der Waals surface area contributed by atoms with Gasteiger partial charge in [0.2, 0.25) is 5.88 Å². The molecule has 0 aliphatic carbocycles. The van der Waals surface area contributed by atoms with Gasteiger partial charge in [-0.05, 0) is 37.2 Å². The molecule has 1 atom stereocenters. The molecule has 29 heavy (non-hydrogen) atoms. The number of halogens is 1. The highest BCUT2D eigenvalue weighted by Gasteiger charge is 2.24. The first-order chi connectivity index (χ1) is 13.8. The first-order valence-corrected chi connectivity index (χ1v) is 10.6. The summed E-state index contributed by atoms with van der Waals surface area (Å²) in [5.41, 5.74) is 1.11. The number of pyridine rings is 1. The molecule has 3 heterocycles. The maximum atomic E-state index is 5.53. The zero-order valence-electron chi connectivity index (χ0n) is 17.7. The van der Waals surface area contributed by atoms with Gasteiger partial charge in [0.1, 0.15) is 0 Å². The number of rotatable bonds is 8. The van der Waals surface area contributed by atoms with Crippen LogP contribution >= 0.6 is 24.0 Å². The van der Waals surface area contributed by atoms with Crippen LogP contribution in [0.5, 0.6) is 5.88 Å². The molecule has 3 rings (SSSR count). The van der Waals surface area contributed by atoms with Gasteiger partial charge in [0, 0.05) is 58.1 Å². The Morgan fingerprint density at radius 3 is 2.76 bits per heavy atom. The summed E-state index contributed by atoms with van der Waals surface area (Å²) in [6, 6.07) is 4.45. The Bertz CT molecular complexity index is 600. The fourth-order valence-electron chi connectivity index (χ4n) is 3.73. The normalized spacial score (nSPS) is 20.9. The van der Waals surface area contributed by atoms with E-state index in [-0.39, 0.29) is 24.0 Å². The van der Waals surface area contributed by atoms with E-state index in [0.29, 0.717) is 25.1 Å². The van der Waals surface area contributed by atoms with E-state index >= 15 is 0 Å². The predicted octanol–water partition coefficient (Wildman–Crippen LogP) is 2.65. The van der Waals surface area contributed by atoms with Gasteiger partial charge in [-0.2, -0.15) is 0 Å². The SMILES string of the molecule is CCCOc1ccc(CNC(=NC)NC2CCN(CC3CCOC3)CC2)cn1.I. The second kappa shape index (κ2) is 13.2. The van der Waals surface area contributed by atoms with Crippen molar-refractivity contribution in [3.63, 3.8) is 0 Å². The van der Waals surface area contributed by atoms with E-state index in [2.05, 4.69) is 32.4 Å². The molecule has 2 aliphatic rings. The Morgan fingerprint density at radius 2 is 2.14 bits per heavy atom. The smallest absolute Gasteiger partial charge is 0.213 e. The Hall–Kier alpha value is -1.13. The summed E-state index contributed by atoms with van der Waals surface area (Å²) in [6.07, 6.45) is 6.37. The standard InChI is InChI=1S/C21H35N5O2.HI/c1-3-11-28-20-5-4-17(13-23-20)14-24-21(22-2)25-19-6-9-26(10-7-19)15-18-8-12-27-16-18;/h4-5,13,18-19H,3,6-12,14-16H2,1-2H3,(H2,22,24,25);1H. The van der Waals surface area contributed by atoms with Crippen molar-refractivity contribution < 1.29 is 9.47 Å². The minimum Gasteiger partial charge on any atom is -0.478 e. The Kier molecular flexibility index (Phi) is 11.0. The molecule has 0 aromatic carbocycles. The summed E-state index contributed by atoms with van der Waals surface area (Å²) < 4.78 is 11.0. The highest BCUT2D eigenvalue weighted by atomic mass is 127. The third kappa shape index (κ3) is 8.25. The Morgan fingerprint density at radius 1 is 1.31 bits per heavy atom. The molecule has 1 aromatic rings. The minimum absolute atomic E-state index is 0. The largest absolute Gasteiger partial charge is 0.478 e. The van der Waals surface area contributed by atoms with Gasteiger partial charge in [0.15, 0.2) is 5.96 Å². The van der Waals surface area contributed by atoms with Crippen molar-refractivity contribution in [1.29, 1.82) is 0 Å². The summed E-state index contributed by atoms with van der Waals surface area (Å²) in [5, 5.41) is 6.97. The molecule has 0 amide bonds. The molecule has 0 saturated carbocycles. The Balaban J connectivity index is 0.00000300. The van der Waals surface area contributed by atoms with E-state index in [1.807, 2.05) is 25.4 Å². The molecule has 2 N–H and O–H groups in total. The zero-order chi connectivity index (χ0) is 19.6. The van der Waals surface area contributed by atoms with E-state index in [1.54, 1.807) is 0 Å². The van der Waals surface area contributed by atoms with Crippen LogP contribution in [0.3, 0.4) is 0 Å². The first kappa shape index (κ1) is 24.1. The number of aromatic nitrogens is 1. The van der Waals surface area contributed by atoms with E-state index in [9.17, 15) is 0 Å². The van der Waals surface area contributed by atoms with Crippen molar-refractivity contribution in [1.82, 2.24) is 20.5 Å². The van der Waals surface area contributed by atoms with Gasteiger partial charge in [0.25, 0.3) is 0 Å². The highest BCUT2D eigenvalue weighted by Crippen LogP contribution is 2.17. The van der Waals surface area contributed by atoms with Crippen LogP contribution in [0, 0.1) is 5.92 Å². The van der Waals surface area contributed by atoms with Gasteiger partial charge >= 0.3 is 0 Å². The second-order valence-electron chi connectivity index (χ2n) is 7.73. The summed E-state index contributed by atoms with van der Waals surface area (Å²) in [6.45, 7) is 8.85. The molecule has 7 nitrogen and oxygen atoms in total. The lowest BCUT2D eigenvalue weighted by Gasteiger charge is -2.34. The van der Waals surface area contributed by atoms with E-state index < -0.39 is 0 Å². The van der Waals surface area contributed by atoms with Crippen molar-refractivity contribution >= 4 is 29.9 Å². The third-order valence-electron chi connectivity index (χ3n) is 5.40. The molecule has 164 valence electrons. The van der Waals surface area contributed by atoms with Gasteiger partial charge in [-0.25, -0.2) is 4.98 Å². The van der Waals surface area contributed by atoms with Crippen LogP contribution in [-0.4, -0.2) is 68.4 Å². The fourth-order valence-corrected chi connectivity index (χ4v) is 3.73. The van der Waals surface area contributed by atoms with Crippen LogP contribution in [0.4, 0.5) is 0 Å². The minimum atomic E-state index is 0. The van der Waals surface area contributed by atoms with E-state index in [1.165, 1.54) is 13.0 Å². The fraction of sp³-hybridized carbons (Fsp3) is 0.714. The number of guanidine groups is 1. The molecule has 2 saturated heterocycles. The maximum Gasteiger partial charge on any atom is 0.213 e. The summed E-state index contributed by atoms with van der Waals surface area (Å²) in [4.78, 5) is 11.3. The number of nitrogens with one attached hydrogen (secondary N) is 2. The van der Waals surface area contributed by atoms with Crippen LogP contribution < -0.4 is 15.4 Å². The van der Waals surface area contributed by atoms with Crippen molar-refractivity contribution in [3.05, 3.63) is 23.9 Å². The van der Waals surface area contributed by atoms with Crippen LogP contribution in [0.1, 0.15) is 38.2 Å². The van der Waals surface area contributed by atoms with Crippen molar-refractivity contribution in [2.24, 2.45) is 10.9 Å². The Labute approximate surface area is 192 Å². The third-order valence-corrected chi connectivity index (χ3v) is 5.40. The number of hydrogen-bond acceptors (Lipinski definition) is 5. The first-order valence-electron chi connectivity index (χ1n) is 10.6. The maximum absolute atomic E-state index is 5.53. The van der Waals surface area contributed by atoms with Gasteiger partial charge in [-0.15, -0.1) is 24.0 Å². The number of piperidine rings is 1.